The van der Waals surface area contributed by atoms with Gasteiger partial charge in [-0.2, -0.15) is 0 Å². The number of carbonyl (C=O) groups is 3. The molecule has 0 bridgehead atoms. The van der Waals surface area contributed by atoms with Gasteiger partial charge in [0.25, 0.3) is 5.91 Å². The highest BCUT2D eigenvalue weighted by Gasteiger charge is 2.30. The first kappa shape index (κ1) is 19.4. The monoisotopic (exact) mass is 372 g/mol. The highest BCUT2D eigenvalue weighted by atomic mass is 16.5. The minimum absolute atomic E-state index is 0.00691. The predicted octanol–water partition coefficient (Wildman–Crippen LogP) is 2.84. The molecule has 1 aromatic carbocycles. The number of fused-ring (bicyclic) bond motifs is 1. The second-order valence-electron chi connectivity index (χ2n) is 7.82. The van der Waals surface area contributed by atoms with Crippen LogP contribution >= 0.6 is 0 Å². The van der Waals surface area contributed by atoms with Gasteiger partial charge in [0.05, 0.1) is 5.56 Å². The molecule has 1 saturated carbocycles. The highest BCUT2D eigenvalue weighted by Crippen LogP contribution is 2.29. The number of esters is 1. The summed E-state index contributed by atoms with van der Waals surface area (Å²) in [7, 11) is 0. The van der Waals surface area contributed by atoms with Crippen molar-refractivity contribution in [1.82, 2.24) is 5.32 Å². The molecule has 146 valence electrons. The Balaban J connectivity index is 1.69. The molecule has 1 fully saturated rings. The fourth-order valence-electron chi connectivity index (χ4n) is 3.88. The molecule has 1 unspecified atom stereocenters. The van der Waals surface area contributed by atoms with E-state index in [1.165, 1.54) is 6.92 Å². The van der Waals surface area contributed by atoms with Gasteiger partial charge in [0.1, 0.15) is 0 Å². The molecule has 6 heteroatoms. The van der Waals surface area contributed by atoms with Gasteiger partial charge in [-0.25, -0.2) is 4.79 Å². The molecule has 2 aliphatic rings. The van der Waals surface area contributed by atoms with Crippen LogP contribution in [0.2, 0.25) is 0 Å². The number of amides is 2. The molecule has 0 saturated heterocycles. The molecule has 1 aromatic rings. The number of hydrogen-bond donors (Lipinski definition) is 1. The number of ether oxygens (including phenoxy) is 1. The van der Waals surface area contributed by atoms with Crippen LogP contribution in [-0.2, 0) is 20.7 Å². The Kier molecular flexibility index (Phi) is 5.82. The molecule has 6 nitrogen and oxygen atoms in total. The third-order valence-corrected chi connectivity index (χ3v) is 5.39. The fraction of sp³-hybridized carbons (Fsp3) is 0.571. The van der Waals surface area contributed by atoms with E-state index in [0.717, 1.165) is 36.9 Å². The first-order valence-electron chi connectivity index (χ1n) is 9.79. The normalized spacial score (nSPS) is 17.7. The molecule has 1 heterocycles. The molecule has 1 aliphatic carbocycles. The smallest absolute Gasteiger partial charge is 0.338 e. The summed E-state index contributed by atoms with van der Waals surface area (Å²) in [5.74, 6) is -0.834. The molecule has 0 radical (unpaired) electrons. The van der Waals surface area contributed by atoms with E-state index >= 15 is 0 Å². The molecular weight excluding hydrogens is 344 g/mol. The van der Waals surface area contributed by atoms with E-state index in [1.54, 1.807) is 23.1 Å². The zero-order valence-electron chi connectivity index (χ0n) is 16.3. The minimum atomic E-state index is -0.805. The van der Waals surface area contributed by atoms with E-state index in [-0.39, 0.29) is 23.8 Å². The summed E-state index contributed by atoms with van der Waals surface area (Å²) < 4.78 is 5.57. The van der Waals surface area contributed by atoms with Crippen LogP contribution < -0.4 is 10.2 Å². The van der Waals surface area contributed by atoms with E-state index in [0.29, 0.717) is 18.5 Å². The topological polar surface area (TPSA) is 75.7 Å². The first-order valence-corrected chi connectivity index (χ1v) is 9.79. The molecule has 27 heavy (non-hydrogen) atoms. The van der Waals surface area contributed by atoms with Crippen LogP contribution in [0.4, 0.5) is 5.69 Å². The lowest BCUT2D eigenvalue weighted by atomic mass is 10.0. The van der Waals surface area contributed by atoms with Crippen molar-refractivity contribution in [3.8, 4) is 0 Å². The Bertz CT molecular complexity index is 738. The third kappa shape index (κ3) is 4.31. The van der Waals surface area contributed by atoms with Gasteiger partial charge in [-0.05, 0) is 48.9 Å². The Hall–Kier alpha value is -2.37. The van der Waals surface area contributed by atoms with Gasteiger partial charge < -0.3 is 15.0 Å². The van der Waals surface area contributed by atoms with E-state index < -0.39 is 12.1 Å². The maximum absolute atomic E-state index is 12.6. The van der Waals surface area contributed by atoms with E-state index in [4.69, 9.17) is 4.74 Å². The molecule has 0 aromatic heterocycles. The second kappa shape index (κ2) is 8.11. The maximum atomic E-state index is 12.6. The summed E-state index contributed by atoms with van der Waals surface area (Å²) in [6.07, 6.45) is 4.14. The van der Waals surface area contributed by atoms with Gasteiger partial charge in [-0.15, -0.1) is 0 Å². The van der Waals surface area contributed by atoms with Crippen LogP contribution in [0.15, 0.2) is 18.2 Å². The first-order chi connectivity index (χ1) is 12.9. The van der Waals surface area contributed by atoms with Crippen LogP contribution in [0.3, 0.4) is 0 Å². The van der Waals surface area contributed by atoms with Crippen molar-refractivity contribution in [2.24, 2.45) is 5.92 Å². The molecule has 2 amide bonds. The van der Waals surface area contributed by atoms with Crippen molar-refractivity contribution < 1.29 is 19.1 Å². The Morgan fingerprint density at radius 3 is 2.52 bits per heavy atom. The quantitative estimate of drug-likeness (QED) is 0.807. The third-order valence-electron chi connectivity index (χ3n) is 5.39. The Labute approximate surface area is 160 Å². The molecular formula is C21H28N2O4. The van der Waals surface area contributed by atoms with Crippen molar-refractivity contribution in [1.29, 1.82) is 0 Å². The summed E-state index contributed by atoms with van der Waals surface area (Å²) in [5.41, 5.74) is 2.22. The lowest BCUT2D eigenvalue weighted by molar-refractivity contribution is -0.132. The number of carbonyl (C=O) groups excluding carboxylic acids is 3. The van der Waals surface area contributed by atoms with Gasteiger partial charge in [0, 0.05) is 25.2 Å². The summed E-state index contributed by atoms with van der Waals surface area (Å²) >= 11 is 0. The number of benzene rings is 1. The van der Waals surface area contributed by atoms with Crippen LogP contribution in [0.1, 0.15) is 62.4 Å². The molecule has 0 spiro atoms. The SMILES string of the molecule is CC(=O)N1CCc2cc(C(=O)OC(C(=O)NC3CCCC3)C(C)C)ccc21. The maximum Gasteiger partial charge on any atom is 0.338 e. The van der Waals surface area contributed by atoms with Crippen molar-refractivity contribution in [3.05, 3.63) is 29.3 Å². The van der Waals surface area contributed by atoms with Crippen LogP contribution in [-0.4, -0.2) is 36.5 Å². The molecule has 1 atom stereocenters. The second-order valence-corrected chi connectivity index (χ2v) is 7.82. The summed E-state index contributed by atoms with van der Waals surface area (Å²) in [4.78, 5) is 38.6. The molecule has 1 aliphatic heterocycles. The minimum Gasteiger partial charge on any atom is -0.448 e. The Morgan fingerprint density at radius 1 is 1.19 bits per heavy atom. The van der Waals surface area contributed by atoms with E-state index in [2.05, 4.69) is 5.32 Å². The summed E-state index contributed by atoms with van der Waals surface area (Å²) in [6, 6.07) is 5.40. The van der Waals surface area contributed by atoms with Crippen molar-refractivity contribution in [2.45, 2.75) is 65.0 Å². The predicted molar refractivity (Wildman–Crippen MR) is 103 cm³/mol. The van der Waals surface area contributed by atoms with Crippen LogP contribution in [0.5, 0.6) is 0 Å². The number of anilines is 1. The van der Waals surface area contributed by atoms with Crippen molar-refractivity contribution in [3.63, 3.8) is 0 Å². The lowest BCUT2D eigenvalue weighted by Crippen LogP contribution is -2.44. The zero-order chi connectivity index (χ0) is 19.6. The van der Waals surface area contributed by atoms with Crippen LogP contribution in [0.25, 0.3) is 0 Å². The van der Waals surface area contributed by atoms with Gasteiger partial charge in [0.15, 0.2) is 6.10 Å². The van der Waals surface area contributed by atoms with Gasteiger partial charge >= 0.3 is 5.97 Å². The number of nitrogens with zero attached hydrogens (tertiary/aromatic N) is 1. The molecule has 3 rings (SSSR count). The van der Waals surface area contributed by atoms with Gasteiger partial charge in [0.2, 0.25) is 5.91 Å². The summed E-state index contributed by atoms with van der Waals surface area (Å²) in [6.45, 7) is 5.91. The largest absolute Gasteiger partial charge is 0.448 e. The standard InChI is InChI=1S/C21H28N2O4/c1-13(2)19(20(25)22-17-6-4-5-7-17)27-21(26)16-8-9-18-15(12-16)10-11-23(18)14(3)24/h8-9,12-13,17,19H,4-7,10-11H2,1-3H3,(H,22,25). The zero-order valence-corrected chi connectivity index (χ0v) is 16.3. The number of nitrogens with one attached hydrogen (secondary N) is 1. The lowest BCUT2D eigenvalue weighted by Gasteiger charge is -2.23. The average Bonchev–Trinajstić information content (AvgIpc) is 3.27. The number of hydrogen-bond acceptors (Lipinski definition) is 4. The summed E-state index contributed by atoms with van der Waals surface area (Å²) in [5, 5.41) is 3.02. The van der Waals surface area contributed by atoms with Gasteiger partial charge in [-0.3, -0.25) is 9.59 Å². The van der Waals surface area contributed by atoms with Crippen molar-refractivity contribution in [2.75, 3.05) is 11.4 Å². The average molecular weight is 372 g/mol. The Morgan fingerprint density at radius 2 is 1.89 bits per heavy atom. The highest BCUT2D eigenvalue weighted by molar-refractivity contribution is 5.96. The van der Waals surface area contributed by atoms with E-state index in [1.807, 2.05) is 13.8 Å². The van der Waals surface area contributed by atoms with Crippen LogP contribution in [0, 0.1) is 5.92 Å². The number of rotatable bonds is 5. The molecule has 1 N–H and O–H groups in total. The van der Waals surface area contributed by atoms with E-state index in [9.17, 15) is 14.4 Å². The van der Waals surface area contributed by atoms with Crippen molar-refractivity contribution >= 4 is 23.5 Å². The fourth-order valence-corrected chi connectivity index (χ4v) is 3.88. The van der Waals surface area contributed by atoms with Gasteiger partial charge in [-0.1, -0.05) is 26.7 Å².